The summed E-state index contributed by atoms with van der Waals surface area (Å²) in [6.07, 6.45) is 0.144. The Hall–Kier alpha value is -2.54. The third-order valence-electron chi connectivity index (χ3n) is 3.36. The Balaban J connectivity index is 1.74. The molecule has 0 aliphatic heterocycles. The second-order valence-electron chi connectivity index (χ2n) is 5.69. The number of aromatic nitrogens is 4. The summed E-state index contributed by atoms with van der Waals surface area (Å²) in [6.45, 7) is 6.19. The molecule has 0 saturated carbocycles. The highest BCUT2D eigenvalue weighted by Crippen LogP contribution is 2.15. The van der Waals surface area contributed by atoms with Crippen molar-refractivity contribution < 1.29 is 4.74 Å². The fourth-order valence-electron chi connectivity index (χ4n) is 2.22. The lowest BCUT2D eigenvalue weighted by molar-refractivity contribution is 0.242. The number of ether oxygens (including phenoxy) is 1. The molecule has 0 spiro atoms. The van der Waals surface area contributed by atoms with E-state index < -0.39 is 0 Å². The van der Waals surface area contributed by atoms with E-state index in [1.54, 1.807) is 6.92 Å². The lowest BCUT2D eigenvalue weighted by atomic mass is 10.2. The Morgan fingerprint density at radius 1 is 1.29 bits per heavy atom. The third-order valence-corrected chi connectivity index (χ3v) is 3.80. The molecule has 2 heterocycles. The number of nitrogens with one attached hydrogen (secondary N) is 2. The van der Waals surface area contributed by atoms with Crippen molar-refractivity contribution in [2.24, 2.45) is 0 Å². The highest BCUT2D eigenvalue weighted by atomic mass is 35.5. The van der Waals surface area contributed by atoms with Gasteiger partial charge in [-0.25, -0.2) is 4.98 Å². The van der Waals surface area contributed by atoms with E-state index in [1.165, 1.54) is 4.52 Å². The van der Waals surface area contributed by atoms with Gasteiger partial charge >= 0.3 is 0 Å². The van der Waals surface area contributed by atoms with Gasteiger partial charge in [0.25, 0.3) is 11.3 Å². The Kier molecular flexibility index (Phi) is 4.44. The summed E-state index contributed by atoms with van der Waals surface area (Å²) in [7, 11) is 0. The zero-order valence-electron chi connectivity index (χ0n) is 13.6. The number of hydrogen-bond acceptors (Lipinski definition) is 5. The van der Waals surface area contributed by atoms with Gasteiger partial charge in [0.1, 0.15) is 10.8 Å². The molecule has 3 aromatic rings. The van der Waals surface area contributed by atoms with Crippen molar-refractivity contribution in [1.82, 2.24) is 19.6 Å². The van der Waals surface area contributed by atoms with Crippen LogP contribution in [0.4, 0.5) is 5.95 Å². The monoisotopic (exact) mass is 347 g/mol. The summed E-state index contributed by atoms with van der Waals surface area (Å²) in [4.78, 5) is 20.5. The molecule has 0 bridgehead atoms. The summed E-state index contributed by atoms with van der Waals surface area (Å²) in [5.41, 5.74) is 1.15. The highest BCUT2D eigenvalue weighted by molar-refractivity contribution is 6.31. The highest BCUT2D eigenvalue weighted by Gasteiger charge is 2.11. The van der Waals surface area contributed by atoms with Gasteiger partial charge in [-0.2, -0.15) is 9.50 Å². The van der Waals surface area contributed by atoms with Gasteiger partial charge < -0.3 is 10.1 Å². The lowest BCUT2D eigenvalue weighted by Crippen LogP contribution is -2.17. The van der Waals surface area contributed by atoms with Gasteiger partial charge in [0.2, 0.25) is 5.95 Å². The molecule has 1 aromatic carbocycles. The van der Waals surface area contributed by atoms with Crippen LogP contribution in [0.25, 0.3) is 5.78 Å². The molecule has 24 heavy (non-hydrogen) atoms. The van der Waals surface area contributed by atoms with Crippen molar-refractivity contribution in [3.05, 3.63) is 50.9 Å². The first kappa shape index (κ1) is 16.3. The smallest absolute Gasteiger partial charge is 0.293 e. The van der Waals surface area contributed by atoms with Crippen LogP contribution in [-0.2, 0) is 6.54 Å². The number of nitrogens with zero attached hydrogens (tertiary/aromatic N) is 3. The third kappa shape index (κ3) is 3.35. The molecule has 0 saturated heterocycles. The van der Waals surface area contributed by atoms with Crippen LogP contribution in [0.1, 0.15) is 25.1 Å². The normalized spacial score (nSPS) is 11.2. The van der Waals surface area contributed by atoms with E-state index in [0.29, 0.717) is 18.2 Å². The number of anilines is 1. The van der Waals surface area contributed by atoms with Gasteiger partial charge in [0, 0.05) is 6.54 Å². The standard InChI is InChI=1S/C16H18ClN5O2/c1-9(2)24-12-6-4-11(5-7-12)8-18-15-20-16-19-10(3)13(17)14(23)22(16)21-15/h4-7,9H,8H2,1-3H3,(H2,18,19,20,21). The molecule has 0 amide bonds. The Morgan fingerprint density at radius 2 is 2.00 bits per heavy atom. The van der Waals surface area contributed by atoms with Gasteiger partial charge in [-0.15, -0.1) is 0 Å². The number of rotatable bonds is 5. The topological polar surface area (TPSA) is 84.3 Å². The number of fused-ring (bicyclic) bond motifs is 1. The van der Waals surface area contributed by atoms with Crippen LogP contribution in [0.2, 0.25) is 5.02 Å². The molecule has 3 rings (SSSR count). The number of aromatic amines is 1. The van der Waals surface area contributed by atoms with Crippen LogP contribution >= 0.6 is 11.6 Å². The summed E-state index contributed by atoms with van der Waals surface area (Å²) in [6, 6.07) is 7.79. The molecule has 126 valence electrons. The Bertz CT molecular complexity index is 915. The largest absolute Gasteiger partial charge is 0.491 e. The van der Waals surface area contributed by atoms with E-state index in [0.717, 1.165) is 11.3 Å². The summed E-state index contributed by atoms with van der Waals surface area (Å²) in [5.74, 6) is 1.56. The van der Waals surface area contributed by atoms with E-state index >= 15 is 0 Å². The Morgan fingerprint density at radius 3 is 2.67 bits per heavy atom. The maximum Gasteiger partial charge on any atom is 0.293 e. The van der Waals surface area contributed by atoms with Crippen molar-refractivity contribution in [1.29, 1.82) is 0 Å². The van der Waals surface area contributed by atoms with Gasteiger partial charge in [0.15, 0.2) is 0 Å². The zero-order chi connectivity index (χ0) is 17.3. The van der Waals surface area contributed by atoms with Crippen molar-refractivity contribution in [2.75, 3.05) is 5.32 Å². The minimum Gasteiger partial charge on any atom is -0.491 e. The zero-order valence-corrected chi connectivity index (χ0v) is 14.4. The average Bonchev–Trinajstić information content (AvgIpc) is 2.94. The molecule has 0 aliphatic rings. The quantitative estimate of drug-likeness (QED) is 0.741. The van der Waals surface area contributed by atoms with Crippen LogP contribution in [0.15, 0.2) is 29.1 Å². The van der Waals surface area contributed by atoms with Crippen molar-refractivity contribution in [2.45, 2.75) is 33.4 Å². The van der Waals surface area contributed by atoms with Crippen LogP contribution in [-0.4, -0.2) is 25.7 Å². The average molecular weight is 348 g/mol. The Labute approximate surface area is 143 Å². The predicted molar refractivity (Wildman–Crippen MR) is 92.9 cm³/mol. The van der Waals surface area contributed by atoms with Gasteiger partial charge in [-0.3, -0.25) is 9.89 Å². The second-order valence-corrected chi connectivity index (χ2v) is 6.07. The van der Waals surface area contributed by atoms with Crippen LogP contribution in [0.5, 0.6) is 5.75 Å². The van der Waals surface area contributed by atoms with Gasteiger partial charge in [-0.1, -0.05) is 23.7 Å². The fourth-order valence-corrected chi connectivity index (χ4v) is 2.35. The molecule has 2 aromatic heterocycles. The van der Waals surface area contributed by atoms with E-state index in [2.05, 4.69) is 20.4 Å². The second kappa shape index (κ2) is 6.52. The fraction of sp³-hybridized carbons (Fsp3) is 0.312. The summed E-state index contributed by atoms with van der Waals surface area (Å²) < 4.78 is 6.83. The summed E-state index contributed by atoms with van der Waals surface area (Å²) >= 11 is 5.91. The molecule has 0 aliphatic carbocycles. The number of aryl methyl sites for hydroxylation is 1. The number of hydrogen-bond donors (Lipinski definition) is 2. The first-order valence-corrected chi connectivity index (χ1v) is 7.96. The number of benzene rings is 1. The SMILES string of the molecule is Cc1nc2nc(NCc3ccc(OC(C)C)cc3)[nH]n2c(=O)c1Cl. The maximum atomic E-state index is 12.0. The predicted octanol–water partition coefficient (Wildman–Crippen LogP) is 2.78. The van der Waals surface area contributed by atoms with E-state index in [-0.39, 0.29) is 22.5 Å². The van der Waals surface area contributed by atoms with E-state index in [9.17, 15) is 4.79 Å². The molecule has 2 N–H and O–H groups in total. The van der Waals surface area contributed by atoms with Crippen LogP contribution < -0.4 is 15.6 Å². The molecule has 0 fully saturated rings. The maximum absolute atomic E-state index is 12.0. The molecule has 0 atom stereocenters. The van der Waals surface area contributed by atoms with Crippen molar-refractivity contribution >= 4 is 23.3 Å². The number of H-pyrrole nitrogens is 1. The van der Waals surface area contributed by atoms with Crippen molar-refractivity contribution in [3.8, 4) is 5.75 Å². The van der Waals surface area contributed by atoms with Crippen molar-refractivity contribution in [3.63, 3.8) is 0 Å². The van der Waals surface area contributed by atoms with E-state index in [1.807, 2.05) is 38.1 Å². The minimum atomic E-state index is -0.366. The molecule has 8 heteroatoms. The first-order valence-electron chi connectivity index (χ1n) is 7.58. The van der Waals surface area contributed by atoms with Crippen LogP contribution in [0, 0.1) is 6.92 Å². The van der Waals surface area contributed by atoms with Crippen LogP contribution in [0.3, 0.4) is 0 Å². The minimum absolute atomic E-state index is 0.0865. The molecule has 0 unspecified atom stereocenters. The molecule has 0 radical (unpaired) electrons. The molecular weight excluding hydrogens is 330 g/mol. The van der Waals surface area contributed by atoms with Gasteiger partial charge in [0.05, 0.1) is 11.8 Å². The summed E-state index contributed by atoms with van der Waals surface area (Å²) in [5, 5.41) is 6.06. The van der Waals surface area contributed by atoms with Gasteiger partial charge in [-0.05, 0) is 38.5 Å². The van der Waals surface area contributed by atoms with E-state index in [4.69, 9.17) is 16.3 Å². The number of halogens is 1. The first-order chi connectivity index (χ1) is 11.4. The molecule has 7 nitrogen and oxygen atoms in total. The molecular formula is C16H18ClN5O2. The lowest BCUT2D eigenvalue weighted by Gasteiger charge is -2.10.